The molecule has 2 rings (SSSR count). The minimum absolute atomic E-state index is 0.126. The van der Waals surface area contributed by atoms with Crippen LogP contribution in [-0.2, 0) is 19.6 Å². The minimum Gasteiger partial charge on any atom is -0.379 e. The van der Waals surface area contributed by atoms with Gasteiger partial charge in [-0.05, 0) is 65.0 Å². The first-order chi connectivity index (χ1) is 14.1. The molecule has 0 bridgehead atoms. The van der Waals surface area contributed by atoms with Gasteiger partial charge in [-0.2, -0.15) is 4.31 Å². The zero-order chi connectivity index (χ0) is 22.3. The molecule has 0 atom stereocenters. The van der Waals surface area contributed by atoms with E-state index in [-0.39, 0.29) is 24.6 Å². The Bertz CT molecular complexity index is 791. The van der Waals surface area contributed by atoms with Crippen molar-refractivity contribution in [3.05, 3.63) is 28.8 Å². The van der Waals surface area contributed by atoms with Gasteiger partial charge in [0.25, 0.3) is 0 Å². The predicted molar refractivity (Wildman–Crippen MR) is 120 cm³/mol. The van der Waals surface area contributed by atoms with E-state index in [0.29, 0.717) is 24.5 Å². The van der Waals surface area contributed by atoms with E-state index in [1.807, 2.05) is 46.8 Å². The van der Waals surface area contributed by atoms with Crippen LogP contribution >= 0.6 is 0 Å². The third-order valence-electron chi connectivity index (χ3n) is 5.55. The van der Waals surface area contributed by atoms with Crippen molar-refractivity contribution < 1.29 is 17.9 Å². The van der Waals surface area contributed by atoms with Crippen molar-refractivity contribution in [2.75, 3.05) is 19.7 Å². The first-order valence-electron chi connectivity index (χ1n) is 11.1. The molecule has 1 aliphatic rings. The molecule has 170 valence electrons. The number of hydrogen-bond acceptors (Lipinski definition) is 4. The van der Waals surface area contributed by atoms with Gasteiger partial charge < -0.3 is 10.1 Å². The molecule has 1 fully saturated rings. The Balaban J connectivity index is 2.18. The topological polar surface area (TPSA) is 75.7 Å². The molecule has 0 unspecified atom stereocenters. The molecule has 6 nitrogen and oxygen atoms in total. The molecule has 1 N–H and O–H groups in total. The number of sulfonamides is 1. The Morgan fingerprint density at radius 1 is 1.13 bits per heavy atom. The number of nitrogens with zero attached hydrogens (tertiary/aromatic N) is 1. The number of rotatable bonds is 10. The van der Waals surface area contributed by atoms with Gasteiger partial charge >= 0.3 is 0 Å². The third kappa shape index (κ3) is 6.79. The second kappa shape index (κ2) is 11.3. The summed E-state index contributed by atoms with van der Waals surface area (Å²) in [6.07, 6.45) is 5.59. The number of amides is 1. The van der Waals surface area contributed by atoms with Gasteiger partial charge in [-0.15, -0.1) is 0 Å². The van der Waals surface area contributed by atoms with Gasteiger partial charge in [-0.1, -0.05) is 37.0 Å². The Kier molecular flexibility index (Phi) is 9.31. The summed E-state index contributed by atoms with van der Waals surface area (Å²) < 4.78 is 34.3. The van der Waals surface area contributed by atoms with Gasteiger partial charge in [0.15, 0.2) is 0 Å². The summed E-state index contributed by atoms with van der Waals surface area (Å²) in [7, 11) is -3.77. The zero-order valence-corrected chi connectivity index (χ0v) is 20.0. The average Bonchev–Trinajstić information content (AvgIpc) is 2.65. The number of nitrogens with one attached hydrogen (secondary N) is 1. The van der Waals surface area contributed by atoms with Crippen LogP contribution in [0.4, 0.5) is 0 Å². The molecular formula is C23H38N2O4S. The molecule has 7 heteroatoms. The molecule has 1 aliphatic carbocycles. The Morgan fingerprint density at radius 2 is 1.73 bits per heavy atom. The van der Waals surface area contributed by atoms with Gasteiger partial charge in [-0.25, -0.2) is 8.42 Å². The SMILES string of the molecule is Cc1cc(C)c(S(=O)(=O)N(CC(=O)NCCCOC(C)C)C2CCCCC2)c(C)c1. The largest absolute Gasteiger partial charge is 0.379 e. The third-order valence-corrected chi connectivity index (χ3v) is 7.75. The Morgan fingerprint density at radius 3 is 2.30 bits per heavy atom. The van der Waals surface area contributed by atoms with Crippen LogP contribution in [-0.4, -0.2) is 50.5 Å². The van der Waals surface area contributed by atoms with E-state index >= 15 is 0 Å². The number of benzene rings is 1. The van der Waals surface area contributed by atoms with E-state index < -0.39 is 10.0 Å². The highest BCUT2D eigenvalue weighted by molar-refractivity contribution is 7.89. The highest BCUT2D eigenvalue weighted by Crippen LogP contribution is 2.31. The smallest absolute Gasteiger partial charge is 0.244 e. The van der Waals surface area contributed by atoms with Crippen LogP contribution in [0, 0.1) is 20.8 Å². The van der Waals surface area contributed by atoms with Crippen LogP contribution in [0.25, 0.3) is 0 Å². The summed E-state index contributed by atoms with van der Waals surface area (Å²) in [5.41, 5.74) is 2.51. The highest BCUT2D eigenvalue weighted by atomic mass is 32.2. The highest BCUT2D eigenvalue weighted by Gasteiger charge is 2.35. The molecule has 0 heterocycles. The molecule has 0 aromatic heterocycles. The summed E-state index contributed by atoms with van der Waals surface area (Å²) in [5.74, 6) is -0.254. The lowest BCUT2D eigenvalue weighted by Gasteiger charge is -2.33. The van der Waals surface area contributed by atoms with Crippen LogP contribution in [0.1, 0.15) is 69.1 Å². The Hall–Kier alpha value is -1.44. The van der Waals surface area contributed by atoms with Crippen molar-refractivity contribution in [3.8, 4) is 0 Å². The van der Waals surface area contributed by atoms with Crippen LogP contribution < -0.4 is 5.32 Å². The lowest BCUT2D eigenvalue weighted by molar-refractivity contribution is -0.121. The maximum absolute atomic E-state index is 13.7. The number of ether oxygens (including phenoxy) is 1. The summed E-state index contributed by atoms with van der Waals surface area (Å²) in [6.45, 7) is 10.5. The maximum atomic E-state index is 13.7. The first-order valence-corrected chi connectivity index (χ1v) is 12.5. The van der Waals surface area contributed by atoms with Crippen molar-refractivity contribution in [2.24, 2.45) is 0 Å². The average molecular weight is 439 g/mol. The second-order valence-corrected chi connectivity index (χ2v) is 10.5. The monoisotopic (exact) mass is 438 g/mol. The molecule has 1 aromatic carbocycles. The first kappa shape index (κ1) is 24.8. The summed E-state index contributed by atoms with van der Waals surface area (Å²) in [5, 5.41) is 2.86. The zero-order valence-electron chi connectivity index (χ0n) is 19.2. The normalized spacial score (nSPS) is 15.7. The molecule has 1 saturated carbocycles. The number of aryl methyl sites for hydroxylation is 3. The van der Waals surface area contributed by atoms with Crippen molar-refractivity contribution in [2.45, 2.75) is 90.2 Å². The molecule has 0 spiro atoms. The maximum Gasteiger partial charge on any atom is 0.244 e. The van der Waals surface area contributed by atoms with Gasteiger partial charge in [0.2, 0.25) is 15.9 Å². The van der Waals surface area contributed by atoms with E-state index in [2.05, 4.69) is 5.32 Å². The van der Waals surface area contributed by atoms with Crippen molar-refractivity contribution >= 4 is 15.9 Å². The minimum atomic E-state index is -3.77. The fraction of sp³-hybridized carbons (Fsp3) is 0.696. The molecule has 0 aliphatic heterocycles. The van der Waals surface area contributed by atoms with Gasteiger partial charge in [-0.3, -0.25) is 4.79 Å². The number of hydrogen-bond donors (Lipinski definition) is 1. The number of carbonyl (C=O) groups is 1. The van der Waals surface area contributed by atoms with Crippen LogP contribution in [0.5, 0.6) is 0 Å². The van der Waals surface area contributed by atoms with Gasteiger partial charge in [0.05, 0.1) is 17.5 Å². The second-order valence-electron chi connectivity index (χ2n) is 8.69. The molecule has 0 radical (unpaired) electrons. The van der Waals surface area contributed by atoms with E-state index in [4.69, 9.17) is 4.74 Å². The van der Waals surface area contributed by atoms with Crippen LogP contribution in [0.3, 0.4) is 0 Å². The molecular weight excluding hydrogens is 400 g/mol. The molecule has 1 aromatic rings. The summed E-state index contributed by atoms with van der Waals surface area (Å²) in [4.78, 5) is 13.0. The van der Waals surface area contributed by atoms with E-state index in [1.165, 1.54) is 4.31 Å². The lowest BCUT2D eigenvalue weighted by Crippen LogP contribution is -2.47. The molecule has 30 heavy (non-hydrogen) atoms. The number of carbonyl (C=O) groups excluding carboxylic acids is 1. The summed E-state index contributed by atoms with van der Waals surface area (Å²) >= 11 is 0. The van der Waals surface area contributed by atoms with E-state index in [1.54, 1.807) is 0 Å². The summed E-state index contributed by atoms with van der Waals surface area (Å²) in [6, 6.07) is 3.67. The molecule has 1 amide bonds. The van der Waals surface area contributed by atoms with Crippen molar-refractivity contribution in [1.29, 1.82) is 0 Å². The molecule has 0 saturated heterocycles. The van der Waals surface area contributed by atoms with E-state index in [9.17, 15) is 13.2 Å². The predicted octanol–water partition coefficient (Wildman–Crippen LogP) is 3.87. The lowest BCUT2D eigenvalue weighted by atomic mass is 9.95. The van der Waals surface area contributed by atoms with Crippen molar-refractivity contribution in [3.63, 3.8) is 0 Å². The van der Waals surface area contributed by atoms with Gasteiger partial charge in [0.1, 0.15) is 0 Å². The standard InChI is InChI=1S/C23H38N2O4S/c1-17(2)29-13-9-12-24-22(26)16-25(21-10-7-6-8-11-21)30(27,28)23-19(4)14-18(3)15-20(23)5/h14-15,17,21H,6-13,16H2,1-5H3,(H,24,26). The Labute approximate surface area is 182 Å². The quantitative estimate of drug-likeness (QED) is 0.563. The van der Waals surface area contributed by atoms with E-state index in [0.717, 1.165) is 48.8 Å². The van der Waals surface area contributed by atoms with Crippen molar-refractivity contribution in [1.82, 2.24) is 9.62 Å². The fourth-order valence-corrected chi connectivity index (χ4v) is 6.34. The van der Waals surface area contributed by atoms with Crippen LogP contribution in [0.2, 0.25) is 0 Å². The van der Waals surface area contributed by atoms with Crippen LogP contribution in [0.15, 0.2) is 17.0 Å². The van der Waals surface area contributed by atoms with Gasteiger partial charge in [0, 0.05) is 19.2 Å². The fourth-order valence-electron chi connectivity index (χ4n) is 4.29.